The Hall–Kier alpha value is -4.59. The summed E-state index contributed by atoms with van der Waals surface area (Å²) in [6, 6.07) is 30.1. The van der Waals surface area contributed by atoms with Crippen LogP contribution < -0.4 is 0 Å². The van der Waals surface area contributed by atoms with Crippen molar-refractivity contribution >= 4 is 10.9 Å². The molecule has 4 aromatic carbocycles. The van der Waals surface area contributed by atoms with Crippen molar-refractivity contribution in [3.8, 4) is 28.2 Å². The zero-order chi connectivity index (χ0) is 26.5. The van der Waals surface area contributed by atoms with Crippen molar-refractivity contribution in [2.75, 3.05) is 6.61 Å². The Morgan fingerprint density at radius 3 is 2.23 bits per heavy atom. The molecule has 2 aromatic heterocycles. The number of hydrogen-bond donors (Lipinski definition) is 2. The average Bonchev–Trinajstić information content (AvgIpc) is 3.55. The Balaban J connectivity index is 1.55. The second kappa shape index (κ2) is 9.31. The van der Waals surface area contributed by atoms with E-state index in [0.29, 0.717) is 17.0 Å². The van der Waals surface area contributed by atoms with Crippen LogP contribution >= 0.6 is 0 Å². The number of aliphatic hydroxyl groups excluding tert-OH is 1. The van der Waals surface area contributed by atoms with Crippen LogP contribution in [0.1, 0.15) is 29.0 Å². The number of nitrogens with one attached hydrogen (secondary N) is 1. The van der Waals surface area contributed by atoms with Gasteiger partial charge >= 0.3 is 0 Å². The fourth-order valence-electron chi connectivity index (χ4n) is 5.46. The third-order valence-electron chi connectivity index (χ3n) is 7.21. The highest BCUT2D eigenvalue weighted by Crippen LogP contribution is 2.46. The van der Waals surface area contributed by atoms with E-state index in [4.69, 9.17) is 9.84 Å². The molecular weight excluding hydrogens is 496 g/mol. The number of hydrogen-bond acceptors (Lipinski definition) is 3. The highest BCUT2D eigenvalue weighted by Gasteiger charge is 2.37. The molecule has 0 saturated heterocycles. The molecule has 0 amide bonds. The summed E-state index contributed by atoms with van der Waals surface area (Å²) >= 11 is 0. The lowest BCUT2D eigenvalue weighted by Crippen LogP contribution is -2.23. The number of rotatable bonds is 4. The summed E-state index contributed by atoms with van der Waals surface area (Å²) in [4.78, 5) is 3.54. The minimum atomic E-state index is -0.934. The molecule has 39 heavy (non-hydrogen) atoms. The molecule has 7 rings (SSSR count). The van der Waals surface area contributed by atoms with E-state index < -0.39 is 12.2 Å². The third kappa shape index (κ3) is 3.94. The van der Waals surface area contributed by atoms with Crippen LogP contribution in [0.2, 0.25) is 0 Å². The van der Waals surface area contributed by atoms with E-state index in [1.807, 2.05) is 54.6 Å². The number of nitrogens with zero attached hydrogens (tertiary/aromatic N) is 2. The summed E-state index contributed by atoms with van der Waals surface area (Å²) in [5.74, 6) is -0.664. The van der Waals surface area contributed by atoms with Gasteiger partial charge in [-0.3, -0.25) is 0 Å². The van der Waals surface area contributed by atoms with Gasteiger partial charge in [-0.1, -0.05) is 60.7 Å². The van der Waals surface area contributed by atoms with Crippen molar-refractivity contribution in [1.82, 2.24) is 14.8 Å². The molecule has 0 aliphatic carbocycles. The first-order valence-corrected chi connectivity index (χ1v) is 12.7. The number of aliphatic hydroxyl groups is 1. The molecule has 5 nitrogen and oxygen atoms in total. The van der Waals surface area contributed by atoms with Gasteiger partial charge in [0.2, 0.25) is 0 Å². The summed E-state index contributed by atoms with van der Waals surface area (Å²) in [5.41, 5.74) is 6.74. The van der Waals surface area contributed by atoms with Crippen molar-refractivity contribution in [1.29, 1.82) is 0 Å². The Bertz CT molecular complexity index is 1790. The number of fused-ring (bicyclic) bond motifs is 2. The van der Waals surface area contributed by atoms with Crippen molar-refractivity contribution in [2.24, 2.45) is 0 Å². The van der Waals surface area contributed by atoms with Crippen LogP contribution in [-0.2, 0) is 4.74 Å². The number of ether oxygens (including phenoxy) is 1. The van der Waals surface area contributed by atoms with E-state index in [1.165, 1.54) is 24.3 Å². The number of benzene rings is 4. The molecule has 1 aliphatic heterocycles. The topological polar surface area (TPSA) is 63.1 Å². The predicted molar refractivity (Wildman–Crippen MR) is 145 cm³/mol. The molecule has 0 fully saturated rings. The quantitative estimate of drug-likeness (QED) is 0.261. The largest absolute Gasteiger partial charge is 0.384 e. The van der Waals surface area contributed by atoms with Gasteiger partial charge in [-0.15, -0.1) is 0 Å². The predicted octanol–water partition coefficient (Wildman–Crippen LogP) is 7.12. The van der Waals surface area contributed by atoms with E-state index in [1.54, 1.807) is 28.9 Å². The SMILES string of the molecule is O[C@@H]1CO[C@@H](c2ccc(F)cc2)c2c(-c3[nH]c4ccccc4c3-c3ccc(F)cc3)nn(-c3ccccc3)c21. The molecule has 0 bridgehead atoms. The second-order valence-electron chi connectivity index (χ2n) is 9.60. The third-order valence-corrected chi connectivity index (χ3v) is 7.21. The molecule has 0 saturated carbocycles. The van der Waals surface area contributed by atoms with E-state index in [-0.39, 0.29) is 18.2 Å². The minimum Gasteiger partial charge on any atom is -0.384 e. The minimum absolute atomic E-state index is 0.0601. The van der Waals surface area contributed by atoms with Crippen LogP contribution in [0.4, 0.5) is 8.78 Å². The van der Waals surface area contributed by atoms with Gasteiger partial charge in [0.15, 0.2) is 0 Å². The Labute approximate surface area is 222 Å². The Morgan fingerprint density at radius 2 is 1.49 bits per heavy atom. The smallest absolute Gasteiger partial charge is 0.123 e. The molecule has 3 heterocycles. The molecule has 6 aromatic rings. The maximum atomic E-state index is 13.9. The summed E-state index contributed by atoms with van der Waals surface area (Å²) < 4.78 is 35.7. The molecule has 2 N–H and O–H groups in total. The van der Waals surface area contributed by atoms with Gasteiger partial charge in [-0.05, 0) is 53.6 Å². The van der Waals surface area contributed by atoms with Crippen LogP contribution in [0.25, 0.3) is 39.1 Å². The standard InChI is InChI=1S/C32H23F2N3O2/c33-21-14-10-19(11-15-21)27-24-8-4-5-9-25(24)35-29(27)30-28-31(37(36-30)23-6-2-1-3-7-23)26(38)18-39-32(28)20-12-16-22(34)17-13-20/h1-17,26,32,35,38H,18H2/t26-,32+/m1/s1. The highest BCUT2D eigenvalue weighted by atomic mass is 19.1. The molecular formula is C32H23F2N3O2. The first-order chi connectivity index (χ1) is 19.1. The fourth-order valence-corrected chi connectivity index (χ4v) is 5.46. The number of aromatic amines is 1. The van der Waals surface area contributed by atoms with E-state index in [0.717, 1.165) is 39.0 Å². The number of aromatic nitrogens is 3. The van der Waals surface area contributed by atoms with Gasteiger partial charge in [-0.25, -0.2) is 13.5 Å². The van der Waals surface area contributed by atoms with Gasteiger partial charge in [-0.2, -0.15) is 5.10 Å². The van der Waals surface area contributed by atoms with Gasteiger partial charge in [0.05, 0.1) is 23.7 Å². The molecule has 0 radical (unpaired) electrons. The zero-order valence-electron chi connectivity index (χ0n) is 20.7. The van der Waals surface area contributed by atoms with Crippen LogP contribution in [0.15, 0.2) is 103 Å². The van der Waals surface area contributed by atoms with Crippen molar-refractivity contribution in [3.05, 3.63) is 132 Å². The van der Waals surface area contributed by atoms with Crippen molar-refractivity contribution < 1.29 is 18.6 Å². The highest BCUT2D eigenvalue weighted by molar-refractivity contribution is 6.03. The molecule has 0 spiro atoms. The maximum Gasteiger partial charge on any atom is 0.123 e. The lowest BCUT2D eigenvalue weighted by Gasteiger charge is -2.28. The summed E-state index contributed by atoms with van der Waals surface area (Å²) in [7, 11) is 0. The number of H-pyrrole nitrogens is 1. The average molecular weight is 520 g/mol. The van der Waals surface area contributed by atoms with E-state index in [9.17, 15) is 13.9 Å². The molecule has 0 unspecified atom stereocenters. The molecule has 2 atom stereocenters. The number of para-hydroxylation sites is 2. The van der Waals surface area contributed by atoms with Crippen LogP contribution in [0.5, 0.6) is 0 Å². The first-order valence-electron chi connectivity index (χ1n) is 12.7. The van der Waals surface area contributed by atoms with Gasteiger partial charge in [0.25, 0.3) is 0 Å². The van der Waals surface area contributed by atoms with Crippen molar-refractivity contribution in [3.63, 3.8) is 0 Å². The molecule has 7 heteroatoms. The van der Waals surface area contributed by atoms with Crippen LogP contribution in [-0.4, -0.2) is 26.5 Å². The van der Waals surface area contributed by atoms with Gasteiger partial charge in [0, 0.05) is 22.0 Å². The van der Waals surface area contributed by atoms with Crippen LogP contribution in [0, 0.1) is 11.6 Å². The normalized spacial score (nSPS) is 16.9. The van der Waals surface area contributed by atoms with Crippen LogP contribution in [0.3, 0.4) is 0 Å². The fraction of sp³-hybridized carbons (Fsp3) is 0.0938. The van der Waals surface area contributed by atoms with Crippen molar-refractivity contribution in [2.45, 2.75) is 12.2 Å². The summed E-state index contributed by atoms with van der Waals surface area (Å²) in [6.07, 6.45) is -1.53. The second-order valence-corrected chi connectivity index (χ2v) is 9.60. The summed E-state index contributed by atoms with van der Waals surface area (Å²) in [6.45, 7) is 0.0601. The lowest BCUT2D eigenvalue weighted by molar-refractivity contribution is -0.0161. The Morgan fingerprint density at radius 1 is 0.821 bits per heavy atom. The number of halogens is 2. The first kappa shape index (κ1) is 23.5. The molecule has 1 aliphatic rings. The Kier molecular flexibility index (Phi) is 5.61. The van der Waals surface area contributed by atoms with Gasteiger partial charge in [0.1, 0.15) is 29.5 Å². The van der Waals surface area contributed by atoms with E-state index in [2.05, 4.69) is 4.98 Å². The lowest BCUT2D eigenvalue weighted by atomic mass is 9.91. The van der Waals surface area contributed by atoms with E-state index >= 15 is 0 Å². The monoisotopic (exact) mass is 519 g/mol. The maximum absolute atomic E-state index is 13.9. The molecule has 192 valence electrons. The zero-order valence-corrected chi connectivity index (χ0v) is 20.7. The summed E-state index contributed by atoms with van der Waals surface area (Å²) in [5, 5.41) is 17.3. The van der Waals surface area contributed by atoms with Gasteiger partial charge < -0.3 is 14.8 Å².